The zero-order valence-electron chi connectivity index (χ0n) is 14.9. The van der Waals surface area contributed by atoms with Gasteiger partial charge in [0.05, 0.1) is 23.7 Å². The van der Waals surface area contributed by atoms with E-state index in [-0.39, 0.29) is 24.0 Å². The fourth-order valence-electron chi connectivity index (χ4n) is 2.59. The molecule has 0 aromatic heterocycles. The van der Waals surface area contributed by atoms with Gasteiger partial charge >= 0.3 is 5.97 Å². The number of hydrogen-bond acceptors (Lipinski definition) is 6. The Morgan fingerprint density at radius 1 is 1.44 bits per heavy atom. The van der Waals surface area contributed by atoms with Crippen LogP contribution in [-0.4, -0.2) is 60.6 Å². The molecule has 1 aliphatic heterocycles. The summed E-state index contributed by atoms with van der Waals surface area (Å²) in [6.45, 7) is 2.67. The molecule has 0 saturated carbocycles. The number of benzene rings is 1. The number of thiocarbonyl (C=S) groups is 1. The van der Waals surface area contributed by atoms with Gasteiger partial charge in [-0.25, -0.2) is 0 Å². The van der Waals surface area contributed by atoms with Crippen molar-refractivity contribution in [2.24, 2.45) is 0 Å². The first-order valence-corrected chi connectivity index (χ1v) is 9.74. The van der Waals surface area contributed by atoms with Crippen LogP contribution < -0.4 is 15.4 Å². The predicted octanol–water partition coefficient (Wildman–Crippen LogP) is 1.07. The predicted molar refractivity (Wildman–Crippen MR) is 111 cm³/mol. The number of amides is 2. The zero-order chi connectivity index (χ0) is 20.0. The first kappa shape index (κ1) is 21.4. The van der Waals surface area contributed by atoms with Crippen LogP contribution in [0.5, 0.6) is 5.75 Å². The van der Waals surface area contributed by atoms with Crippen LogP contribution in [0.3, 0.4) is 0 Å². The van der Waals surface area contributed by atoms with Crippen LogP contribution >= 0.6 is 34.8 Å². The zero-order valence-corrected chi connectivity index (χ0v) is 17.9. The van der Waals surface area contributed by atoms with Crippen molar-refractivity contribution in [3.05, 3.63) is 27.3 Å². The molecule has 27 heavy (non-hydrogen) atoms. The summed E-state index contributed by atoms with van der Waals surface area (Å²) >= 11 is 7.39. The van der Waals surface area contributed by atoms with Gasteiger partial charge in [-0.3, -0.25) is 19.7 Å². The Hall–Kier alpha value is -1.95. The van der Waals surface area contributed by atoms with Crippen LogP contribution in [-0.2, 0) is 14.3 Å². The molecule has 0 radical (unpaired) electrons. The van der Waals surface area contributed by atoms with Gasteiger partial charge in [-0.2, -0.15) is 0 Å². The molecule has 2 rings (SSSR count). The molecule has 0 aliphatic carbocycles. The van der Waals surface area contributed by atoms with Crippen LogP contribution in [0.25, 0.3) is 0 Å². The van der Waals surface area contributed by atoms with E-state index in [1.165, 1.54) is 4.90 Å². The van der Waals surface area contributed by atoms with Crippen LogP contribution in [0.2, 0.25) is 0 Å². The molecule has 146 valence electrons. The van der Waals surface area contributed by atoms with E-state index in [2.05, 4.69) is 33.2 Å². The normalized spacial score (nSPS) is 16.3. The summed E-state index contributed by atoms with van der Waals surface area (Å²) in [5, 5.41) is 5.42. The monoisotopic (exact) mass is 505 g/mol. The van der Waals surface area contributed by atoms with Gasteiger partial charge in [0.25, 0.3) is 5.91 Å². The van der Waals surface area contributed by atoms with Gasteiger partial charge in [0.2, 0.25) is 5.91 Å². The van der Waals surface area contributed by atoms with Crippen molar-refractivity contribution in [2.75, 3.05) is 26.8 Å². The van der Waals surface area contributed by atoms with Crippen LogP contribution in [0, 0.1) is 3.57 Å². The molecular weight excluding hydrogens is 485 g/mol. The van der Waals surface area contributed by atoms with Crippen molar-refractivity contribution in [1.82, 2.24) is 15.5 Å². The molecule has 1 atom stereocenters. The van der Waals surface area contributed by atoms with Gasteiger partial charge in [-0.15, -0.1) is 0 Å². The molecule has 1 aromatic rings. The van der Waals surface area contributed by atoms with E-state index in [9.17, 15) is 14.4 Å². The molecule has 0 spiro atoms. The van der Waals surface area contributed by atoms with E-state index < -0.39 is 17.9 Å². The molecule has 1 aliphatic rings. The second-order valence-corrected chi connectivity index (χ2v) is 7.17. The fraction of sp³-hybridized carbons (Fsp3) is 0.412. The Bertz CT molecular complexity index is 758. The average Bonchev–Trinajstić information content (AvgIpc) is 2.63. The lowest BCUT2D eigenvalue weighted by Crippen LogP contribution is -2.60. The van der Waals surface area contributed by atoms with Crippen molar-refractivity contribution in [3.8, 4) is 5.75 Å². The highest BCUT2D eigenvalue weighted by Crippen LogP contribution is 2.21. The fourth-order valence-corrected chi connectivity index (χ4v) is 3.63. The molecule has 2 amide bonds. The number of rotatable bonds is 5. The van der Waals surface area contributed by atoms with E-state index in [4.69, 9.17) is 21.7 Å². The van der Waals surface area contributed by atoms with Gasteiger partial charge in [-0.05, 0) is 59.9 Å². The molecule has 0 bridgehead atoms. The highest BCUT2D eigenvalue weighted by molar-refractivity contribution is 14.1. The van der Waals surface area contributed by atoms with Crippen molar-refractivity contribution in [2.45, 2.75) is 19.4 Å². The largest absolute Gasteiger partial charge is 0.496 e. The summed E-state index contributed by atoms with van der Waals surface area (Å²) in [6.07, 6.45) is -0.143. The first-order chi connectivity index (χ1) is 12.9. The number of carbonyl (C=O) groups is 3. The summed E-state index contributed by atoms with van der Waals surface area (Å²) in [7, 11) is 1.55. The summed E-state index contributed by atoms with van der Waals surface area (Å²) in [5.41, 5.74) is 0.408. The van der Waals surface area contributed by atoms with Crippen LogP contribution in [0.15, 0.2) is 18.2 Å². The van der Waals surface area contributed by atoms with Crippen molar-refractivity contribution < 1.29 is 23.9 Å². The lowest BCUT2D eigenvalue weighted by Gasteiger charge is -2.36. The maximum atomic E-state index is 12.5. The quantitative estimate of drug-likeness (QED) is 0.351. The van der Waals surface area contributed by atoms with Crippen molar-refractivity contribution >= 4 is 57.7 Å². The maximum absolute atomic E-state index is 12.5. The summed E-state index contributed by atoms with van der Waals surface area (Å²) in [4.78, 5) is 38.0. The molecule has 8 nitrogen and oxygen atoms in total. The third kappa shape index (κ3) is 5.51. The Labute approximate surface area is 176 Å². The highest BCUT2D eigenvalue weighted by atomic mass is 127. The van der Waals surface area contributed by atoms with Gasteiger partial charge in [0.15, 0.2) is 5.11 Å². The topological polar surface area (TPSA) is 97.0 Å². The number of piperazine rings is 1. The van der Waals surface area contributed by atoms with E-state index in [0.29, 0.717) is 24.4 Å². The van der Waals surface area contributed by atoms with E-state index in [0.717, 1.165) is 3.57 Å². The Kier molecular flexibility index (Phi) is 7.78. The molecule has 1 saturated heterocycles. The second kappa shape index (κ2) is 9.83. The number of halogens is 1. The van der Waals surface area contributed by atoms with Crippen molar-refractivity contribution in [1.29, 1.82) is 0 Å². The van der Waals surface area contributed by atoms with Gasteiger partial charge in [-0.1, -0.05) is 0 Å². The third-order valence-electron chi connectivity index (χ3n) is 3.89. The molecule has 1 heterocycles. The van der Waals surface area contributed by atoms with Crippen LogP contribution in [0.1, 0.15) is 23.7 Å². The molecular formula is C17H20IN3O5S. The number of methoxy groups -OCH3 is 1. The van der Waals surface area contributed by atoms with E-state index >= 15 is 0 Å². The third-order valence-corrected chi connectivity index (χ3v) is 5.07. The lowest BCUT2D eigenvalue weighted by molar-refractivity contribution is -0.147. The summed E-state index contributed by atoms with van der Waals surface area (Å²) in [6, 6.07) is 4.17. The molecule has 1 unspecified atom stereocenters. The molecule has 1 aromatic carbocycles. The minimum atomic E-state index is -0.818. The Balaban J connectivity index is 2.09. The SMILES string of the molecule is CCOC(=O)CC1C(=O)NCCN1C(=S)NC(=O)c1ccc(OC)c(I)c1. The average molecular weight is 505 g/mol. The van der Waals surface area contributed by atoms with Crippen LogP contribution in [0.4, 0.5) is 0 Å². The number of carbonyl (C=O) groups excluding carboxylic acids is 3. The minimum Gasteiger partial charge on any atom is -0.496 e. The standard InChI is InChI=1S/C17H20IN3O5S/c1-3-26-14(22)9-12-16(24)19-6-7-21(12)17(27)20-15(23)10-4-5-13(25-2)11(18)8-10/h4-5,8,12H,3,6-7,9H2,1-2H3,(H,19,24)(H,20,23,27). The summed E-state index contributed by atoms with van der Waals surface area (Å²) < 4.78 is 10.9. The number of ether oxygens (including phenoxy) is 2. The minimum absolute atomic E-state index is 0.0926. The molecule has 10 heteroatoms. The number of nitrogens with one attached hydrogen (secondary N) is 2. The summed E-state index contributed by atoms with van der Waals surface area (Å²) in [5.74, 6) is -0.563. The second-order valence-electron chi connectivity index (χ2n) is 5.62. The van der Waals surface area contributed by atoms with Gasteiger partial charge in [0, 0.05) is 18.7 Å². The van der Waals surface area contributed by atoms with E-state index in [1.54, 1.807) is 32.2 Å². The highest BCUT2D eigenvalue weighted by Gasteiger charge is 2.34. The van der Waals surface area contributed by atoms with Gasteiger partial charge in [0.1, 0.15) is 11.8 Å². The maximum Gasteiger partial charge on any atom is 0.308 e. The Morgan fingerprint density at radius 2 is 2.19 bits per heavy atom. The molecule has 1 fully saturated rings. The number of esters is 1. The first-order valence-electron chi connectivity index (χ1n) is 8.26. The van der Waals surface area contributed by atoms with Gasteiger partial charge < -0.3 is 19.7 Å². The number of hydrogen-bond donors (Lipinski definition) is 2. The van der Waals surface area contributed by atoms with E-state index in [1.807, 2.05) is 0 Å². The Morgan fingerprint density at radius 3 is 2.81 bits per heavy atom. The van der Waals surface area contributed by atoms with Crippen molar-refractivity contribution in [3.63, 3.8) is 0 Å². The number of nitrogens with zero attached hydrogens (tertiary/aromatic N) is 1. The lowest BCUT2D eigenvalue weighted by atomic mass is 10.1. The smallest absolute Gasteiger partial charge is 0.308 e. The molecule has 2 N–H and O–H groups in total.